The van der Waals surface area contributed by atoms with E-state index < -0.39 is 0 Å². The average Bonchev–Trinajstić information content (AvgIpc) is 3.30. The number of carbonyl (C=O) groups excluding carboxylic acids is 2. The fourth-order valence-corrected chi connectivity index (χ4v) is 4.63. The first-order chi connectivity index (χ1) is 14.1. The SMILES string of the molecule is O=C(Cn1nc2c(c1NC(=O)c1ccccc1Br)CSC2)NCc1ccccc1. The number of hydrogen-bond donors (Lipinski definition) is 2. The van der Waals surface area contributed by atoms with Crippen LogP contribution in [-0.4, -0.2) is 21.6 Å². The average molecular weight is 471 g/mol. The zero-order valence-corrected chi connectivity index (χ0v) is 17.9. The highest BCUT2D eigenvalue weighted by molar-refractivity contribution is 9.10. The van der Waals surface area contributed by atoms with Crippen LogP contribution in [0.2, 0.25) is 0 Å². The molecule has 0 aliphatic carbocycles. The normalized spacial score (nSPS) is 12.4. The van der Waals surface area contributed by atoms with Crippen LogP contribution in [0.4, 0.5) is 5.82 Å². The van der Waals surface area contributed by atoms with Gasteiger partial charge in [0.1, 0.15) is 12.4 Å². The molecule has 2 heterocycles. The second-order valence-electron chi connectivity index (χ2n) is 6.62. The van der Waals surface area contributed by atoms with Gasteiger partial charge in [-0.25, -0.2) is 4.68 Å². The molecule has 1 aliphatic rings. The highest BCUT2D eigenvalue weighted by Crippen LogP contribution is 2.35. The minimum Gasteiger partial charge on any atom is -0.350 e. The molecule has 0 saturated heterocycles. The van der Waals surface area contributed by atoms with Gasteiger partial charge in [-0.15, -0.1) is 0 Å². The molecule has 2 aromatic carbocycles. The van der Waals surface area contributed by atoms with Gasteiger partial charge in [-0.1, -0.05) is 42.5 Å². The van der Waals surface area contributed by atoms with Crippen LogP contribution in [0.3, 0.4) is 0 Å². The fraction of sp³-hybridized carbons (Fsp3) is 0.190. The second-order valence-corrected chi connectivity index (χ2v) is 8.46. The molecular weight excluding hydrogens is 452 g/mol. The van der Waals surface area contributed by atoms with Gasteiger partial charge in [0.15, 0.2) is 0 Å². The molecule has 1 aromatic heterocycles. The van der Waals surface area contributed by atoms with Crippen molar-refractivity contribution in [3.63, 3.8) is 0 Å². The number of thioether (sulfide) groups is 1. The maximum Gasteiger partial charge on any atom is 0.257 e. The molecule has 0 fully saturated rings. The van der Waals surface area contributed by atoms with Gasteiger partial charge in [0.25, 0.3) is 5.91 Å². The molecule has 0 atom stereocenters. The predicted molar refractivity (Wildman–Crippen MR) is 118 cm³/mol. The van der Waals surface area contributed by atoms with E-state index in [1.54, 1.807) is 22.5 Å². The lowest BCUT2D eigenvalue weighted by Crippen LogP contribution is -2.28. The van der Waals surface area contributed by atoms with Crippen LogP contribution in [0.15, 0.2) is 59.1 Å². The molecule has 2 N–H and O–H groups in total. The van der Waals surface area contributed by atoms with Crippen LogP contribution < -0.4 is 10.6 Å². The van der Waals surface area contributed by atoms with Gasteiger partial charge in [-0.2, -0.15) is 16.9 Å². The van der Waals surface area contributed by atoms with E-state index in [1.807, 2.05) is 48.5 Å². The van der Waals surface area contributed by atoms with Gasteiger partial charge in [0.2, 0.25) is 5.91 Å². The van der Waals surface area contributed by atoms with Crippen molar-refractivity contribution in [2.45, 2.75) is 24.6 Å². The zero-order chi connectivity index (χ0) is 20.2. The Bertz CT molecular complexity index is 1050. The molecule has 2 amide bonds. The number of halogens is 1. The Labute approximate surface area is 181 Å². The number of nitrogens with zero attached hydrogens (tertiary/aromatic N) is 2. The molecule has 8 heteroatoms. The van der Waals surface area contributed by atoms with E-state index in [-0.39, 0.29) is 18.4 Å². The van der Waals surface area contributed by atoms with Gasteiger partial charge >= 0.3 is 0 Å². The lowest BCUT2D eigenvalue weighted by molar-refractivity contribution is -0.122. The number of benzene rings is 2. The third kappa shape index (κ3) is 4.54. The molecule has 0 bridgehead atoms. The van der Waals surface area contributed by atoms with Crippen LogP contribution in [0, 0.1) is 0 Å². The summed E-state index contributed by atoms with van der Waals surface area (Å²) in [7, 11) is 0. The molecule has 3 aromatic rings. The fourth-order valence-electron chi connectivity index (χ4n) is 3.13. The van der Waals surface area contributed by atoms with Crippen molar-refractivity contribution in [3.05, 3.63) is 81.5 Å². The third-order valence-electron chi connectivity index (χ3n) is 4.60. The van der Waals surface area contributed by atoms with Crippen LogP contribution in [0.25, 0.3) is 0 Å². The Morgan fingerprint density at radius 1 is 1.07 bits per heavy atom. The molecule has 1 aliphatic heterocycles. The number of nitrogens with one attached hydrogen (secondary N) is 2. The standard InChI is InChI=1S/C21H19BrN4O2S/c22-17-9-5-4-8-15(17)21(28)24-20-16-12-29-13-18(16)25-26(20)11-19(27)23-10-14-6-2-1-3-7-14/h1-9H,10-13H2,(H,23,27)(H,24,28). The summed E-state index contributed by atoms with van der Waals surface area (Å²) in [6.07, 6.45) is 0. The molecule has 0 saturated carbocycles. The molecule has 0 spiro atoms. The van der Waals surface area contributed by atoms with Gasteiger partial charge in [-0.3, -0.25) is 9.59 Å². The van der Waals surface area contributed by atoms with E-state index in [2.05, 4.69) is 31.7 Å². The molecule has 148 valence electrons. The quantitative estimate of drug-likeness (QED) is 0.571. The van der Waals surface area contributed by atoms with E-state index in [4.69, 9.17) is 0 Å². The summed E-state index contributed by atoms with van der Waals surface area (Å²) in [6.45, 7) is 0.505. The number of aromatic nitrogens is 2. The highest BCUT2D eigenvalue weighted by Gasteiger charge is 2.25. The number of hydrogen-bond acceptors (Lipinski definition) is 4. The number of amides is 2. The summed E-state index contributed by atoms with van der Waals surface area (Å²) in [5, 5.41) is 10.4. The molecule has 0 radical (unpaired) electrons. The summed E-state index contributed by atoms with van der Waals surface area (Å²) < 4.78 is 2.31. The summed E-state index contributed by atoms with van der Waals surface area (Å²) in [5.74, 6) is 1.76. The van der Waals surface area contributed by atoms with E-state index in [0.717, 1.165) is 32.8 Å². The van der Waals surface area contributed by atoms with Gasteiger partial charge in [0, 0.05) is 28.1 Å². The van der Waals surface area contributed by atoms with Crippen LogP contribution in [-0.2, 0) is 29.4 Å². The Balaban J connectivity index is 1.50. The Morgan fingerprint density at radius 2 is 1.83 bits per heavy atom. The molecular formula is C21H19BrN4O2S. The largest absolute Gasteiger partial charge is 0.350 e. The zero-order valence-electron chi connectivity index (χ0n) is 15.5. The maximum absolute atomic E-state index is 12.8. The first-order valence-electron chi connectivity index (χ1n) is 9.14. The van der Waals surface area contributed by atoms with Gasteiger partial charge < -0.3 is 10.6 Å². The van der Waals surface area contributed by atoms with E-state index >= 15 is 0 Å². The first-order valence-corrected chi connectivity index (χ1v) is 11.1. The highest BCUT2D eigenvalue weighted by atomic mass is 79.9. The number of rotatable bonds is 6. The summed E-state index contributed by atoms with van der Waals surface area (Å²) >= 11 is 5.16. The number of anilines is 1. The molecule has 6 nitrogen and oxygen atoms in total. The van der Waals surface area contributed by atoms with Crippen LogP contribution >= 0.6 is 27.7 Å². The lowest BCUT2D eigenvalue weighted by atomic mass is 10.2. The molecule has 4 rings (SSSR count). The van der Waals surface area contributed by atoms with Crippen molar-refractivity contribution in [1.29, 1.82) is 0 Å². The maximum atomic E-state index is 12.8. The summed E-state index contributed by atoms with van der Waals surface area (Å²) in [6, 6.07) is 17.0. The first kappa shape index (κ1) is 19.7. The molecule has 0 unspecified atom stereocenters. The van der Waals surface area contributed by atoms with Crippen molar-refractivity contribution in [3.8, 4) is 0 Å². The third-order valence-corrected chi connectivity index (χ3v) is 6.26. The monoisotopic (exact) mass is 470 g/mol. The topological polar surface area (TPSA) is 76.0 Å². The van der Waals surface area contributed by atoms with Crippen molar-refractivity contribution in [2.75, 3.05) is 5.32 Å². The van der Waals surface area contributed by atoms with Gasteiger partial charge in [0.05, 0.1) is 11.3 Å². The van der Waals surface area contributed by atoms with Crippen LogP contribution in [0.5, 0.6) is 0 Å². The number of fused-ring (bicyclic) bond motifs is 1. The summed E-state index contributed by atoms with van der Waals surface area (Å²) in [5.41, 5.74) is 3.48. The van der Waals surface area contributed by atoms with Crippen molar-refractivity contribution >= 4 is 45.3 Å². The minimum absolute atomic E-state index is 0.0517. The van der Waals surface area contributed by atoms with Crippen molar-refractivity contribution < 1.29 is 9.59 Å². The Morgan fingerprint density at radius 3 is 2.62 bits per heavy atom. The molecule has 29 heavy (non-hydrogen) atoms. The minimum atomic E-state index is -0.233. The Kier molecular flexibility index (Phi) is 6.01. The van der Waals surface area contributed by atoms with E-state index in [0.29, 0.717) is 17.9 Å². The summed E-state index contributed by atoms with van der Waals surface area (Å²) in [4.78, 5) is 25.3. The van der Waals surface area contributed by atoms with E-state index in [9.17, 15) is 9.59 Å². The van der Waals surface area contributed by atoms with Crippen molar-refractivity contribution in [1.82, 2.24) is 15.1 Å². The smallest absolute Gasteiger partial charge is 0.257 e. The predicted octanol–water partition coefficient (Wildman–Crippen LogP) is 3.96. The number of carbonyl (C=O) groups is 2. The van der Waals surface area contributed by atoms with Crippen molar-refractivity contribution in [2.24, 2.45) is 0 Å². The van der Waals surface area contributed by atoms with E-state index in [1.165, 1.54) is 0 Å². The van der Waals surface area contributed by atoms with Gasteiger partial charge in [-0.05, 0) is 33.6 Å². The second kappa shape index (κ2) is 8.84. The lowest BCUT2D eigenvalue weighted by Gasteiger charge is -2.12. The Hall–Kier alpha value is -2.58. The van der Waals surface area contributed by atoms with Crippen LogP contribution in [0.1, 0.15) is 27.2 Å².